The number of rotatable bonds is 1. The predicted octanol–water partition coefficient (Wildman–Crippen LogP) is 4.48. The summed E-state index contributed by atoms with van der Waals surface area (Å²) in [7, 11) is 0. The van der Waals surface area contributed by atoms with Crippen LogP contribution in [0.15, 0.2) is 46.9 Å². The molecule has 0 bridgehead atoms. The molecule has 18 heavy (non-hydrogen) atoms. The molecule has 0 heterocycles. The summed E-state index contributed by atoms with van der Waals surface area (Å²) in [6.45, 7) is 2.08. The van der Waals surface area contributed by atoms with Gasteiger partial charge in [0.25, 0.3) is 0 Å². The first kappa shape index (κ1) is 11.7. The third kappa shape index (κ3) is 1.91. The van der Waals surface area contributed by atoms with Crippen LogP contribution in [0.25, 0.3) is 0 Å². The van der Waals surface area contributed by atoms with Gasteiger partial charge in [0.1, 0.15) is 0 Å². The van der Waals surface area contributed by atoms with Gasteiger partial charge in [-0.3, -0.25) is 4.79 Å². The Balaban J connectivity index is 2.09. The van der Waals surface area contributed by atoms with Crippen LogP contribution in [0.2, 0.25) is 0 Å². The van der Waals surface area contributed by atoms with Gasteiger partial charge < -0.3 is 0 Å². The topological polar surface area (TPSA) is 17.1 Å². The van der Waals surface area contributed by atoms with Crippen molar-refractivity contribution in [1.82, 2.24) is 0 Å². The number of benzene rings is 2. The number of halogens is 1. The number of hydrogen-bond donors (Lipinski definition) is 0. The molecule has 2 aromatic rings. The summed E-state index contributed by atoms with van der Waals surface area (Å²) in [6.07, 6.45) is 0.592. The van der Waals surface area contributed by atoms with E-state index in [4.69, 9.17) is 0 Å². The molecule has 0 N–H and O–H groups in total. The van der Waals surface area contributed by atoms with E-state index in [1.165, 1.54) is 11.1 Å². The number of fused-ring (bicyclic) bond motifs is 1. The van der Waals surface area contributed by atoms with Crippen molar-refractivity contribution in [3.63, 3.8) is 0 Å². The van der Waals surface area contributed by atoms with Crippen LogP contribution in [0.1, 0.15) is 39.4 Å². The second kappa shape index (κ2) is 4.36. The van der Waals surface area contributed by atoms with Crippen LogP contribution in [-0.2, 0) is 0 Å². The van der Waals surface area contributed by atoms with Crippen LogP contribution in [0.4, 0.5) is 0 Å². The highest BCUT2D eigenvalue weighted by molar-refractivity contribution is 9.10. The Morgan fingerprint density at radius 3 is 2.56 bits per heavy atom. The quantitative estimate of drug-likeness (QED) is 0.759. The first-order chi connectivity index (χ1) is 8.65. The Labute approximate surface area is 115 Å². The first-order valence-corrected chi connectivity index (χ1v) is 6.83. The molecule has 1 unspecified atom stereocenters. The monoisotopic (exact) mass is 300 g/mol. The van der Waals surface area contributed by atoms with E-state index in [0.717, 1.165) is 15.6 Å². The molecular formula is C16H13BrO. The van der Waals surface area contributed by atoms with Crippen LogP contribution < -0.4 is 0 Å². The van der Waals surface area contributed by atoms with Gasteiger partial charge >= 0.3 is 0 Å². The number of hydrogen-bond acceptors (Lipinski definition) is 1. The molecule has 90 valence electrons. The van der Waals surface area contributed by atoms with Crippen molar-refractivity contribution in [2.45, 2.75) is 19.3 Å². The van der Waals surface area contributed by atoms with Gasteiger partial charge in [0.2, 0.25) is 0 Å². The standard InChI is InChI=1S/C16H13BrO/c1-10-2-4-11(5-3-10)14-9-16(18)13-7-6-12(17)8-15(13)14/h2-8,14H,9H2,1H3. The Hall–Kier alpha value is -1.41. The lowest BCUT2D eigenvalue weighted by molar-refractivity contribution is 0.0991. The first-order valence-electron chi connectivity index (χ1n) is 6.04. The molecule has 0 aliphatic heterocycles. The number of carbonyl (C=O) groups is 1. The fraction of sp³-hybridized carbons (Fsp3) is 0.188. The van der Waals surface area contributed by atoms with Gasteiger partial charge in [0.15, 0.2) is 5.78 Å². The molecule has 0 saturated carbocycles. The average Bonchev–Trinajstić information content (AvgIpc) is 2.67. The molecule has 1 nitrogen and oxygen atoms in total. The number of aryl methyl sites for hydroxylation is 1. The van der Waals surface area contributed by atoms with E-state index in [1.807, 2.05) is 12.1 Å². The molecule has 2 aromatic carbocycles. The second-order valence-electron chi connectivity index (χ2n) is 4.82. The van der Waals surface area contributed by atoms with Crippen molar-refractivity contribution in [2.75, 3.05) is 0 Å². The average molecular weight is 301 g/mol. The molecule has 0 spiro atoms. The lowest BCUT2D eigenvalue weighted by Crippen LogP contribution is -1.96. The molecule has 0 aromatic heterocycles. The van der Waals surface area contributed by atoms with Gasteiger partial charge in [-0.1, -0.05) is 45.8 Å². The summed E-state index contributed by atoms with van der Waals surface area (Å²) >= 11 is 3.49. The molecule has 1 aliphatic rings. The molecular weight excluding hydrogens is 288 g/mol. The third-order valence-electron chi connectivity index (χ3n) is 3.56. The maximum absolute atomic E-state index is 12.0. The Bertz CT molecular complexity index is 613. The normalized spacial score (nSPS) is 17.9. The zero-order valence-corrected chi connectivity index (χ0v) is 11.7. The molecule has 0 radical (unpaired) electrons. The Kier molecular flexibility index (Phi) is 2.83. The van der Waals surface area contributed by atoms with Crippen LogP contribution in [0.3, 0.4) is 0 Å². The van der Waals surface area contributed by atoms with Crippen LogP contribution in [-0.4, -0.2) is 5.78 Å². The van der Waals surface area contributed by atoms with Crippen molar-refractivity contribution in [3.05, 3.63) is 69.2 Å². The molecule has 0 fully saturated rings. The molecule has 2 heteroatoms. The van der Waals surface area contributed by atoms with E-state index < -0.39 is 0 Å². The predicted molar refractivity (Wildman–Crippen MR) is 76.1 cm³/mol. The zero-order chi connectivity index (χ0) is 12.7. The fourth-order valence-corrected chi connectivity index (χ4v) is 2.96. The van der Waals surface area contributed by atoms with Gasteiger partial charge in [-0.15, -0.1) is 0 Å². The number of Topliss-reactive ketones (excluding diaryl/α,β-unsaturated/α-hetero) is 1. The maximum atomic E-state index is 12.0. The van der Waals surface area contributed by atoms with Crippen LogP contribution in [0.5, 0.6) is 0 Å². The lowest BCUT2D eigenvalue weighted by Gasteiger charge is -2.11. The molecule has 0 saturated heterocycles. The van der Waals surface area contributed by atoms with Gasteiger partial charge in [-0.25, -0.2) is 0 Å². The van der Waals surface area contributed by atoms with E-state index >= 15 is 0 Å². The molecule has 0 amide bonds. The van der Waals surface area contributed by atoms with Gasteiger partial charge in [-0.2, -0.15) is 0 Å². The molecule has 1 aliphatic carbocycles. The van der Waals surface area contributed by atoms with Gasteiger partial charge in [0.05, 0.1) is 0 Å². The number of carbonyl (C=O) groups excluding carboxylic acids is 1. The van der Waals surface area contributed by atoms with E-state index in [1.54, 1.807) is 0 Å². The minimum atomic E-state index is 0.214. The fourth-order valence-electron chi connectivity index (χ4n) is 2.58. The maximum Gasteiger partial charge on any atom is 0.164 e. The van der Waals surface area contributed by atoms with E-state index in [2.05, 4.69) is 53.2 Å². The third-order valence-corrected chi connectivity index (χ3v) is 4.05. The summed E-state index contributed by atoms with van der Waals surface area (Å²) in [6, 6.07) is 14.4. The van der Waals surface area contributed by atoms with Crippen molar-refractivity contribution in [2.24, 2.45) is 0 Å². The highest BCUT2D eigenvalue weighted by Gasteiger charge is 2.30. The smallest absolute Gasteiger partial charge is 0.164 e. The van der Waals surface area contributed by atoms with Gasteiger partial charge in [0, 0.05) is 22.4 Å². The highest BCUT2D eigenvalue weighted by Crippen LogP contribution is 2.39. The Morgan fingerprint density at radius 2 is 1.83 bits per heavy atom. The second-order valence-corrected chi connectivity index (χ2v) is 5.74. The SMILES string of the molecule is Cc1ccc(C2CC(=O)c3ccc(Br)cc32)cc1. The largest absolute Gasteiger partial charge is 0.294 e. The van der Waals surface area contributed by atoms with Gasteiger partial charge in [-0.05, 0) is 36.2 Å². The highest BCUT2D eigenvalue weighted by atomic mass is 79.9. The van der Waals surface area contributed by atoms with E-state index in [9.17, 15) is 4.79 Å². The van der Waals surface area contributed by atoms with Crippen LogP contribution >= 0.6 is 15.9 Å². The van der Waals surface area contributed by atoms with Crippen LogP contribution in [0, 0.1) is 6.92 Å². The molecule has 1 atom stereocenters. The van der Waals surface area contributed by atoms with Crippen molar-refractivity contribution in [3.8, 4) is 0 Å². The van der Waals surface area contributed by atoms with Crippen molar-refractivity contribution < 1.29 is 4.79 Å². The summed E-state index contributed by atoms with van der Waals surface area (Å²) in [5, 5.41) is 0. The Morgan fingerprint density at radius 1 is 1.11 bits per heavy atom. The van der Waals surface area contributed by atoms with Crippen molar-refractivity contribution in [1.29, 1.82) is 0 Å². The van der Waals surface area contributed by atoms with Crippen molar-refractivity contribution >= 4 is 21.7 Å². The van der Waals surface area contributed by atoms with E-state index in [0.29, 0.717) is 6.42 Å². The van der Waals surface area contributed by atoms with E-state index in [-0.39, 0.29) is 11.7 Å². The summed E-state index contributed by atoms with van der Waals surface area (Å²) in [5.41, 5.74) is 4.50. The summed E-state index contributed by atoms with van der Waals surface area (Å²) in [5.74, 6) is 0.466. The minimum absolute atomic E-state index is 0.214. The summed E-state index contributed by atoms with van der Waals surface area (Å²) in [4.78, 5) is 12.0. The summed E-state index contributed by atoms with van der Waals surface area (Å²) < 4.78 is 1.04. The lowest BCUT2D eigenvalue weighted by atomic mass is 9.92. The zero-order valence-electron chi connectivity index (χ0n) is 10.1. The number of ketones is 1. The minimum Gasteiger partial charge on any atom is -0.294 e. The molecule has 3 rings (SSSR count).